The average molecular weight is 516 g/mol. The van der Waals surface area contributed by atoms with E-state index in [1.165, 1.54) is 19.3 Å². The molecule has 3 N–H and O–H groups in total. The fourth-order valence-electron chi connectivity index (χ4n) is 3.44. The van der Waals surface area contributed by atoms with Crippen molar-refractivity contribution in [3.63, 3.8) is 0 Å². The zero-order chi connectivity index (χ0) is 20.2. The summed E-state index contributed by atoms with van der Waals surface area (Å²) in [5, 5.41) is 9.76. The molecule has 0 aliphatic heterocycles. The molecule has 1 aliphatic rings. The number of hydrogen-bond donors (Lipinski definition) is 3. The third kappa shape index (κ3) is 8.90. The van der Waals surface area contributed by atoms with E-state index in [1.54, 1.807) is 7.11 Å². The van der Waals surface area contributed by atoms with Gasteiger partial charge in [0.1, 0.15) is 0 Å². The van der Waals surface area contributed by atoms with E-state index < -0.39 is 0 Å². The summed E-state index contributed by atoms with van der Waals surface area (Å²) in [6.07, 6.45) is 6.32. The highest BCUT2D eigenvalue weighted by molar-refractivity contribution is 14.0. The Morgan fingerprint density at radius 2 is 1.90 bits per heavy atom. The Bertz CT molecular complexity index is 630. The van der Waals surface area contributed by atoms with Gasteiger partial charge in [-0.05, 0) is 55.7 Å². The average Bonchev–Trinajstić information content (AvgIpc) is 2.66. The molecule has 1 fully saturated rings. The largest absolute Gasteiger partial charge is 0.385 e. The molecular weight excluding hydrogens is 479 g/mol. The molecule has 0 atom stereocenters. The molecule has 1 aromatic carbocycles. The molecule has 0 bridgehead atoms. The first-order valence-electron chi connectivity index (χ1n) is 10.5. The van der Waals surface area contributed by atoms with E-state index in [-0.39, 0.29) is 29.9 Å². The highest BCUT2D eigenvalue weighted by atomic mass is 127. The molecule has 1 saturated carbocycles. The van der Waals surface area contributed by atoms with Gasteiger partial charge in [0.05, 0.1) is 6.54 Å². The minimum atomic E-state index is 0. The van der Waals surface area contributed by atoms with Gasteiger partial charge in [0.25, 0.3) is 0 Å². The summed E-state index contributed by atoms with van der Waals surface area (Å²) < 4.78 is 5.28. The van der Waals surface area contributed by atoms with Crippen molar-refractivity contribution in [1.82, 2.24) is 10.6 Å². The molecule has 164 valence electrons. The summed E-state index contributed by atoms with van der Waals surface area (Å²) in [5.74, 6) is 0.914. The normalized spacial score (nSPS) is 15.1. The molecule has 1 aromatic rings. The Morgan fingerprint density at radius 3 is 2.45 bits per heavy atom. The lowest BCUT2D eigenvalue weighted by Crippen LogP contribution is -2.46. The molecule has 6 nitrogen and oxygen atoms in total. The van der Waals surface area contributed by atoms with Gasteiger partial charge in [0.15, 0.2) is 5.96 Å². The topological polar surface area (TPSA) is 74.8 Å². The molecule has 29 heavy (non-hydrogen) atoms. The number of nitrogens with zero attached hydrogens (tertiary/aromatic N) is 1. The number of amides is 1. The minimum Gasteiger partial charge on any atom is -0.385 e. The zero-order valence-electron chi connectivity index (χ0n) is 18.1. The van der Waals surface area contributed by atoms with Crippen molar-refractivity contribution in [2.45, 2.75) is 58.9 Å². The van der Waals surface area contributed by atoms with Crippen LogP contribution in [0.1, 0.15) is 57.9 Å². The number of guanidine groups is 1. The molecule has 0 spiro atoms. The van der Waals surface area contributed by atoms with Crippen LogP contribution in [0.5, 0.6) is 0 Å². The van der Waals surface area contributed by atoms with E-state index >= 15 is 0 Å². The van der Waals surface area contributed by atoms with Gasteiger partial charge in [-0.25, -0.2) is 4.99 Å². The molecule has 1 amide bonds. The van der Waals surface area contributed by atoms with Crippen LogP contribution in [-0.4, -0.2) is 38.7 Å². The lowest BCUT2D eigenvalue weighted by Gasteiger charge is -2.42. The van der Waals surface area contributed by atoms with E-state index in [4.69, 9.17) is 9.73 Å². The Hall–Kier alpha value is -1.35. The van der Waals surface area contributed by atoms with Crippen LogP contribution in [0, 0.1) is 5.41 Å². The first-order valence-corrected chi connectivity index (χ1v) is 10.5. The van der Waals surface area contributed by atoms with Gasteiger partial charge in [-0.2, -0.15) is 0 Å². The van der Waals surface area contributed by atoms with Crippen LogP contribution in [0.4, 0.5) is 5.69 Å². The van der Waals surface area contributed by atoms with Crippen molar-refractivity contribution in [3.05, 3.63) is 29.8 Å². The third-order valence-electron chi connectivity index (χ3n) is 5.36. The van der Waals surface area contributed by atoms with Crippen LogP contribution in [0.2, 0.25) is 0 Å². The standard InChI is InChI=1S/C22H36N4O2.HI/c1-4-7-20(27)26-19-10-8-18(9-11-19)16-24-21(23-5-2)25-17-22(12-6-13-22)14-15-28-3;/h8-11H,4-7,12-17H2,1-3H3,(H,26,27)(H2,23,24,25);1H. The third-order valence-corrected chi connectivity index (χ3v) is 5.36. The van der Waals surface area contributed by atoms with Gasteiger partial charge >= 0.3 is 0 Å². The van der Waals surface area contributed by atoms with Crippen molar-refractivity contribution in [1.29, 1.82) is 0 Å². The lowest BCUT2D eigenvalue weighted by molar-refractivity contribution is -0.116. The second-order valence-electron chi connectivity index (χ2n) is 7.64. The summed E-state index contributed by atoms with van der Waals surface area (Å²) in [4.78, 5) is 16.4. The van der Waals surface area contributed by atoms with Crippen molar-refractivity contribution in [2.75, 3.05) is 32.1 Å². The van der Waals surface area contributed by atoms with E-state index in [0.29, 0.717) is 18.4 Å². The summed E-state index contributed by atoms with van der Waals surface area (Å²) in [6.45, 7) is 7.26. The number of ether oxygens (including phenoxy) is 1. The molecule has 1 aliphatic carbocycles. The van der Waals surface area contributed by atoms with Crippen molar-refractivity contribution < 1.29 is 9.53 Å². The molecular formula is C22H37IN4O2. The number of carbonyl (C=O) groups excluding carboxylic acids is 1. The number of methoxy groups -OCH3 is 1. The fourth-order valence-corrected chi connectivity index (χ4v) is 3.44. The first kappa shape index (κ1) is 25.7. The van der Waals surface area contributed by atoms with Crippen LogP contribution < -0.4 is 16.0 Å². The molecule has 0 aromatic heterocycles. The molecule has 2 rings (SSSR count). The maximum Gasteiger partial charge on any atom is 0.224 e. The van der Waals surface area contributed by atoms with E-state index in [2.05, 4.69) is 22.9 Å². The Labute approximate surface area is 192 Å². The summed E-state index contributed by atoms with van der Waals surface area (Å²) in [6, 6.07) is 7.90. The lowest BCUT2D eigenvalue weighted by atomic mass is 9.67. The molecule has 0 saturated heterocycles. The Morgan fingerprint density at radius 1 is 1.17 bits per heavy atom. The van der Waals surface area contributed by atoms with Crippen LogP contribution >= 0.6 is 24.0 Å². The number of nitrogens with one attached hydrogen (secondary N) is 3. The van der Waals surface area contributed by atoms with Gasteiger partial charge < -0.3 is 20.7 Å². The predicted octanol–water partition coefficient (Wildman–Crippen LogP) is 4.31. The Kier molecular flexibility index (Phi) is 12.2. The fraction of sp³-hybridized carbons (Fsp3) is 0.636. The summed E-state index contributed by atoms with van der Waals surface area (Å²) >= 11 is 0. The second-order valence-corrected chi connectivity index (χ2v) is 7.64. The molecule has 0 unspecified atom stereocenters. The number of benzene rings is 1. The van der Waals surface area contributed by atoms with Gasteiger partial charge in [-0.3, -0.25) is 4.79 Å². The molecule has 7 heteroatoms. The first-order chi connectivity index (χ1) is 13.6. The quantitative estimate of drug-likeness (QED) is 0.233. The van der Waals surface area contributed by atoms with E-state index in [0.717, 1.165) is 49.7 Å². The SMILES string of the molecule is CCCC(=O)Nc1ccc(CN=C(NCC)NCC2(CCOC)CCC2)cc1.I. The Balaban J connectivity index is 0.00000420. The van der Waals surface area contributed by atoms with Gasteiger partial charge in [0, 0.05) is 38.9 Å². The van der Waals surface area contributed by atoms with Gasteiger partial charge in [0.2, 0.25) is 5.91 Å². The van der Waals surface area contributed by atoms with Crippen molar-refractivity contribution in [3.8, 4) is 0 Å². The predicted molar refractivity (Wildman–Crippen MR) is 131 cm³/mol. The number of aliphatic imine (C=N–C) groups is 1. The smallest absolute Gasteiger partial charge is 0.224 e. The van der Waals surface area contributed by atoms with Gasteiger partial charge in [-0.15, -0.1) is 24.0 Å². The number of anilines is 1. The maximum atomic E-state index is 11.7. The second kappa shape index (κ2) is 13.8. The number of hydrogen-bond acceptors (Lipinski definition) is 3. The summed E-state index contributed by atoms with van der Waals surface area (Å²) in [7, 11) is 1.77. The van der Waals surface area contributed by atoms with Crippen molar-refractivity contribution in [2.24, 2.45) is 10.4 Å². The van der Waals surface area contributed by atoms with Crippen LogP contribution in [0.15, 0.2) is 29.3 Å². The van der Waals surface area contributed by atoms with Crippen molar-refractivity contribution >= 4 is 41.5 Å². The van der Waals surface area contributed by atoms with Crippen LogP contribution in [0.25, 0.3) is 0 Å². The van der Waals surface area contributed by atoms with Crippen LogP contribution in [0.3, 0.4) is 0 Å². The van der Waals surface area contributed by atoms with Gasteiger partial charge in [-0.1, -0.05) is 25.5 Å². The van der Waals surface area contributed by atoms with E-state index in [9.17, 15) is 4.79 Å². The molecule has 0 radical (unpaired) electrons. The highest BCUT2D eigenvalue weighted by Crippen LogP contribution is 2.43. The number of rotatable bonds is 11. The molecule has 0 heterocycles. The highest BCUT2D eigenvalue weighted by Gasteiger charge is 2.36. The minimum absolute atomic E-state index is 0. The zero-order valence-corrected chi connectivity index (χ0v) is 20.4. The monoisotopic (exact) mass is 516 g/mol. The van der Waals surface area contributed by atoms with Crippen LogP contribution in [-0.2, 0) is 16.1 Å². The maximum absolute atomic E-state index is 11.7. The van der Waals surface area contributed by atoms with E-state index in [1.807, 2.05) is 31.2 Å². The summed E-state index contributed by atoms with van der Waals surface area (Å²) in [5.41, 5.74) is 2.30. The number of carbonyl (C=O) groups is 1. The number of halogens is 1.